The number of rotatable bonds is 2. The highest BCUT2D eigenvalue weighted by Crippen LogP contribution is 2.20. The lowest BCUT2D eigenvalue weighted by Crippen LogP contribution is -2.25. The van der Waals surface area contributed by atoms with Crippen molar-refractivity contribution in [3.63, 3.8) is 0 Å². The Morgan fingerprint density at radius 2 is 2.05 bits per heavy atom. The van der Waals surface area contributed by atoms with E-state index in [2.05, 4.69) is 59.7 Å². The second-order valence-corrected chi connectivity index (χ2v) is 6.06. The minimum Gasteiger partial charge on any atom is -0.361 e. The highest BCUT2D eigenvalue weighted by molar-refractivity contribution is 8.13. The number of nitrogens with zero attached hydrogens (tertiary/aromatic N) is 1. The van der Waals surface area contributed by atoms with Crippen LogP contribution in [-0.2, 0) is 6.54 Å². The molecule has 0 aromatic heterocycles. The first-order valence-electron chi connectivity index (χ1n) is 6.70. The minimum absolute atomic E-state index is 0.702. The van der Waals surface area contributed by atoms with Crippen LogP contribution >= 0.6 is 11.8 Å². The number of aliphatic imine (C=N–C) groups is 1. The van der Waals surface area contributed by atoms with E-state index in [0.29, 0.717) is 5.92 Å². The van der Waals surface area contributed by atoms with Crippen LogP contribution in [0.4, 0.5) is 0 Å². The van der Waals surface area contributed by atoms with Crippen LogP contribution in [0.3, 0.4) is 0 Å². The molecular formula is C16H18N2S. The molecule has 98 valence electrons. The summed E-state index contributed by atoms with van der Waals surface area (Å²) in [6.45, 7) is 4.05. The summed E-state index contributed by atoms with van der Waals surface area (Å²) in [7, 11) is 0. The highest BCUT2D eigenvalue weighted by atomic mass is 32.2. The Kier molecular flexibility index (Phi) is 3.74. The van der Waals surface area contributed by atoms with Crippen molar-refractivity contribution in [2.45, 2.75) is 13.5 Å². The number of thioether (sulfide) groups is 1. The lowest BCUT2D eigenvalue weighted by atomic mass is 10.0. The lowest BCUT2D eigenvalue weighted by molar-refractivity contribution is 0.669. The highest BCUT2D eigenvalue weighted by Gasteiger charge is 2.11. The molecule has 1 aliphatic rings. The molecule has 19 heavy (non-hydrogen) atoms. The molecule has 0 fully saturated rings. The molecule has 0 bridgehead atoms. The molecule has 2 nitrogen and oxygen atoms in total. The zero-order valence-corrected chi connectivity index (χ0v) is 11.9. The number of hydrogen-bond donors (Lipinski definition) is 1. The molecule has 3 heteroatoms. The third-order valence-corrected chi connectivity index (χ3v) is 4.64. The molecule has 2 aromatic carbocycles. The van der Waals surface area contributed by atoms with Crippen LogP contribution in [-0.4, -0.2) is 17.5 Å². The van der Waals surface area contributed by atoms with Gasteiger partial charge in [0.2, 0.25) is 0 Å². The van der Waals surface area contributed by atoms with Gasteiger partial charge in [-0.1, -0.05) is 61.2 Å². The summed E-state index contributed by atoms with van der Waals surface area (Å²) < 4.78 is 0. The number of fused-ring (bicyclic) bond motifs is 1. The Balaban J connectivity index is 1.75. The normalized spacial score (nSPS) is 19.2. The molecule has 0 spiro atoms. The van der Waals surface area contributed by atoms with Gasteiger partial charge in [-0.2, -0.15) is 0 Å². The Hall–Kier alpha value is -1.48. The van der Waals surface area contributed by atoms with E-state index in [4.69, 9.17) is 0 Å². The standard InChI is InChI=1S/C16H18N2S/c1-12-9-17-16(19-11-12)18-10-14-7-4-6-13-5-2-3-8-15(13)14/h2-8,12H,9-11H2,1H3,(H,17,18). The molecule has 0 radical (unpaired) electrons. The lowest BCUT2D eigenvalue weighted by Gasteiger charge is -2.18. The van der Waals surface area contributed by atoms with E-state index in [0.717, 1.165) is 18.3 Å². The molecule has 1 N–H and O–H groups in total. The predicted octanol–water partition coefficient (Wildman–Crippen LogP) is 3.67. The third-order valence-electron chi connectivity index (χ3n) is 3.36. The molecule has 1 aliphatic heterocycles. The molecule has 0 amide bonds. The van der Waals surface area contributed by atoms with Crippen molar-refractivity contribution in [1.82, 2.24) is 5.32 Å². The smallest absolute Gasteiger partial charge is 0.156 e. The summed E-state index contributed by atoms with van der Waals surface area (Å²) in [6, 6.07) is 15.0. The summed E-state index contributed by atoms with van der Waals surface area (Å²) in [5, 5.41) is 7.18. The Labute approximate surface area is 118 Å². The molecule has 1 atom stereocenters. The summed E-state index contributed by atoms with van der Waals surface area (Å²) in [6.07, 6.45) is 0. The number of benzene rings is 2. The van der Waals surface area contributed by atoms with Crippen molar-refractivity contribution < 1.29 is 0 Å². The van der Waals surface area contributed by atoms with Gasteiger partial charge in [-0.15, -0.1) is 0 Å². The van der Waals surface area contributed by atoms with Crippen LogP contribution in [0.5, 0.6) is 0 Å². The quantitative estimate of drug-likeness (QED) is 0.900. The molecule has 3 rings (SSSR count). The zero-order chi connectivity index (χ0) is 13.1. The van der Waals surface area contributed by atoms with Gasteiger partial charge < -0.3 is 5.32 Å². The van der Waals surface area contributed by atoms with E-state index in [1.165, 1.54) is 22.1 Å². The molecule has 0 saturated carbocycles. The van der Waals surface area contributed by atoms with E-state index in [1.807, 2.05) is 11.8 Å². The minimum atomic E-state index is 0.702. The Morgan fingerprint density at radius 1 is 1.21 bits per heavy atom. The van der Waals surface area contributed by atoms with Crippen molar-refractivity contribution in [1.29, 1.82) is 0 Å². The van der Waals surface area contributed by atoms with Crippen molar-refractivity contribution in [3.8, 4) is 0 Å². The molecule has 1 unspecified atom stereocenters. The van der Waals surface area contributed by atoms with Crippen molar-refractivity contribution in [2.75, 3.05) is 12.3 Å². The molecule has 2 aromatic rings. The van der Waals surface area contributed by atoms with Crippen molar-refractivity contribution >= 4 is 27.7 Å². The maximum absolute atomic E-state index is 4.57. The Morgan fingerprint density at radius 3 is 2.89 bits per heavy atom. The van der Waals surface area contributed by atoms with Crippen LogP contribution in [0, 0.1) is 5.92 Å². The number of hydrogen-bond acceptors (Lipinski definition) is 3. The van der Waals surface area contributed by atoms with Gasteiger partial charge in [0.1, 0.15) is 0 Å². The fourth-order valence-corrected chi connectivity index (χ4v) is 3.17. The van der Waals surface area contributed by atoms with Gasteiger partial charge in [-0.3, -0.25) is 4.99 Å². The second kappa shape index (κ2) is 5.66. The van der Waals surface area contributed by atoms with Crippen LogP contribution in [0.1, 0.15) is 12.5 Å². The largest absolute Gasteiger partial charge is 0.361 e. The van der Waals surface area contributed by atoms with E-state index in [1.54, 1.807) is 0 Å². The zero-order valence-electron chi connectivity index (χ0n) is 11.1. The summed E-state index contributed by atoms with van der Waals surface area (Å²) in [4.78, 5) is 4.57. The van der Waals surface area contributed by atoms with Gasteiger partial charge in [0.15, 0.2) is 5.17 Å². The van der Waals surface area contributed by atoms with Gasteiger partial charge in [-0.05, 0) is 22.3 Å². The van der Waals surface area contributed by atoms with E-state index in [-0.39, 0.29) is 0 Å². The maximum atomic E-state index is 4.57. The molecule has 0 saturated heterocycles. The maximum Gasteiger partial charge on any atom is 0.156 e. The number of nitrogens with one attached hydrogen (secondary N) is 1. The monoisotopic (exact) mass is 270 g/mol. The van der Waals surface area contributed by atoms with Gasteiger partial charge in [-0.25, -0.2) is 0 Å². The van der Waals surface area contributed by atoms with Gasteiger partial charge in [0.25, 0.3) is 0 Å². The van der Waals surface area contributed by atoms with Crippen LogP contribution in [0.25, 0.3) is 10.8 Å². The van der Waals surface area contributed by atoms with Crippen molar-refractivity contribution in [2.24, 2.45) is 10.9 Å². The number of amidine groups is 1. The van der Waals surface area contributed by atoms with Gasteiger partial charge in [0, 0.05) is 18.8 Å². The van der Waals surface area contributed by atoms with Crippen LogP contribution in [0.2, 0.25) is 0 Å². The summed E-state index contributed by atoms with van der Waals surface area (Å²) in [5.41, 5.74) is 1.33. The first-order chi connectivity index (χ1) is 9.33. The molecule has 0 aliphatic carbocycles. The van der Waals surface area contributed by atoms with Crippen LogP contribution in [0.15, 0.2) is 47.5 Å². The topological polar surface area (TPSA) is 24.4 Å². The summed E-state index contributed by atoms with van der Waals surface area (Å²) in [5.74, 6) is 1.87. The molecule has 1 heterocycles. The predicted molar refractivity (Wildman–Crippen MR) is 84.7 cm³/mol. The Bertz CT molecular complexity index is 601. The van der Waals surface area contributed by atoms with Gasteiger partial charge in [0.05, 0.1) is 0 Å². The van der Waals surface area contributed by atoms with E-state index in [9.17, 15) is 0 Å². The fourth-order valence-electron chi connectivity index (χ4n) is 2.28. The second-order valence-electron chi connectivity index (χ2n) is 5.05. The van der Waals surface area contributed by atoms with Crippen molar-refractivity contribution in [3.05, 3.63) is 48.0 Å². The van der Waals surface area contributed by atoms with Gasteiger partial charge >= 0.3 is 0 Å². The SMILES string of the molecule is CC1CN=C(NCc2cccc3ccccc23)SC1. The first kappa shape index (κ1) is 12.5. The molecular weight excluding hydrogens is 252 g/mol. The first-order valence-corrected chi connectivity index (χ1v) is 7.69. The third kappa shape index (κ3) is 2.92. The van der Waals surface area contributed by atoms with Crippen LogP contribution < -0.4 is 5.32 Å². The van der Waals surface area contributed by atoms with E-state index < -0.39 is 0 Å². The fraction of sp³-hybridized carbons (Fsp3) is 0.312. The van der Waals surface area contributed by atoms with E-state index >= 15 is 0 Å². The summed E-state index contributed by atoms with van der Waals surface area (Å²) >= 11 is 1.83. The average molecular weight is 270 g/mol. The average Bonchev–Trinajstić information content (AvgIpc) is 2.47.